The minimum absolute atomic E-state index is 0.223. The summed E-state index contributed by atoms with van der Waals surface area (Å²) in [5.74, 6) is 1.23. The summed E-state index contributed by atoms with van der Waals surface area (Å²) in [6, 6.07) is 6.36. The van der Waals surface area contributed by atoms with Crippen LogP contribution in [-0.2, 0) is 0 Å². The second-order valence-electron chi connectivity index (χ2n) is 7.53. The van der Waals surface area contributed by atoms with Crippen molar-refractivity contribution in [1.29, 1.82) is 0 Å². The maximum atomic E-state index is 13.4. The molecule has 1 aromatic carbocycles. The van der Waals surface area contributed by atoms with Gasteiger partial charge in [0.15, 0.2) is 6.20 Å². The van der Waals surface area contributed by atoms with Crippen LogP contribution in [0, 0.1) is 22.3 Å². The van der Waals surface area contributed by atoms with Gasteiger partial charge in [0.05, 0.1) is 25.6 Å². The zero-order chi connectivity index (χ0) is 18.5. The van der Waals surface area contributed by atoms with Crippen LogP contribution in [0.15, 0.2) is 43.1 Å². The van der Waals surface area contributed by atoms with Crippen molar-refractivity contribution in [2.75, 3.05) is 20.2 Å². The fraction of sp³-hybridized carbons (Fsp3) is 0.450. The van der Waals surface area contributed by atoms with Gasteiger partial charge in [0.1, 0.15) is 17.9 Å². The number of pyridine rings is 1. The van der Waals surface area contributed by atoms with Gasteiger partial charge in [-0.25, -0.2) is 0 Å². The Bertz CT molecular complexity index is 855. The Morgan fingerprint density at radius 3 is 2.92 bits per heavy atom. The number of nitrogens with zero attached hydrogens (tertiary/aromatic N) is 2. The first-order valence-corrected chi connectivity index (χ1v) is 9.05. The van der Waals surface area contributed by atoms with Gasteiger partial charge in [0.2, 0.25) is 5.52 Å². The van der Waals surface area contributed by atoms with Crippen LogP contribution in [0.5, 0.6) is 5.75 Å². The molecule has 0 radical (unpaired) electrons. The van der Waals surface area contributed by atoms with Gasteiger partial charge in [-0.3, -0.25) is 0 Å². The summed E-state index contributed by atoms with van der Waals surface area (Å²) < 4.78 is 5.66. The van der Waals surface area contributed by atoms with E-state index in [0.29, 0.717) is 47.6 Å². The van der Waals surface area contributed by atoms with Crippen molar-refractivity contribution in [3.05, 3.63) is 59.1 Å². The number of hydroxylamine groups is 3. The van der Waals surface area contributed by atoms with Gasteiger partial charge in [-0.05, 0) is 18.1 Å². The highest BCUT2D eigenvalue weighted by Crippen LogP contribution is 2.46. The summed E-state index contributed by atoms with van der Waals surface area (Å²) >= 11 is 0. The Morgan fingerprint density at radius 1 is 1.42 bits per heavy atom. The van der Waals surface area contributed by atoms with Crippen LogP contribution < -0.4 is 9.47 Å². The Kier molecular flexibility index (Phi) is 4.14. The molecule has 3 aliphatic rings. The van der Waals surface area contributed by atoms with Crippen LogP contribution in [0.1, 0.15) is 24.5 Å². The Labute approximate surface area is 152 Å². The second kappa shape index (κ2) is 6.23. The molecule has 2 aromatic rings. The summed E-state index contributed by atoms with van der Waals surface area (Å²) in [4.78, 5) is 0. The van der Waals surface area contributed by atoms with Crippen molar-refractivity contribution in [2.24, 2.45) is 11.8 Å². The maximum absolute atomic E-state index is 13.4. The minimum Gasteiger partial charge on any atom is -0.632 e. The molecule has 0 saturated carbocycles. The number of aliphatic hydroxyl groups excluding tert-OH is 1. The predicted octanol–water partition coefficient (Wildman–Crippen LogP) is 2.42. The van der Waals surface area contributed by atoms with Crippen molar-refractivity contribution < 1.29 is 19.2 Å². The van der Waals surface area contributed by atoms with Crippen LogP contribution in [0.25, 0.3) is 10.9 Å². The largest absolute Gasteiger partial charge is 0.632 e. The van der Waals surface area contributed by atoms with Crippen molar-refractivity contribution in [3.8, 4) is 5.75 Å². The van der Waals surface area contributed by atoms with E-state index < -0.39 is 12.1 Å². The maximum Gasteiger partial charge on any atom is 0.224 e. The first kappa shape index (κ1) is 17.3. The normalized spacial score (nSPS) is 31.7. The van der Waals surface area contributed by atoms with Crippen LogP contribution in [0.4, 0.5) is 0 Å². The molecule has 5 atom stereocenters. The number of hydrogen-bond donors (Lipinski definition) is 1. The van der Waals surface area contributed by atoms with Crippen LogP contribution >= 0.6 is 0 Å². The molecular weight excluding hydrogens is 332 g/mol. The minimum atomic E-state index is -0.920. The lowest BCUT2D eigenvalue weighted by atomic mass is 9.73. The Morgan fingerprint density at radius 2 is 2.23 bits per heavy atom. The van der Waals surface area contributed by atoms with Crippen molar-refractivity contribution in [3.63, 3.8) is 0 Å². The summed E-state index contributed by atoms with van der Waals surface area (Å²) in [5.41, 5.74) is 1.08. The van der Waals surface area contributed by atoms with Crippen molar-refractivity contribution >= 4 is 10.9 Å². The van der Waals surface area contributed by atoms with Gasteiger partial charge >= 0.3 is 0 Å². The van der Waals surface area contributed by atoms with Crippen LogP contribution in [-0.4, -0.2) is 36.0 Å². The highest BCUT2D eigenvalue weighted by Gasteiger charge is 2.49. The van der Waals surface area contributed by atoms with E-state index in [9.17, 15) is 15.5 Å². The number of methoxy groups -OCH3 is 1. The van der Waals surface area contributed by atoms with E-state index in [1.54, 1.807) is 31.4 Å². The molecule has 2 bridgehead atoms. The number of benzene rings is 1. The quantitative estimate of drug-likeness (QED) is 0.395. The van der Waals surface area contributed by atoms with E-state index in [4.69, 9.17) is 4.74 Å². The molecule has 3 aliphatic heterocycles. The molecule has 0 spiro atoms. The van der Waals surface area contributed by atoms with Crippen LogP contribution in [0.2, 0.25) is 0 Å². The SMILES string of the molecule is C=C[C@H]1C[N+]2([O-])CCC1C[C@H]2[C@H](O)c1cc[n+]([O-])c2ccc(OC)cc12. The molecule has 3 saturated heterocycles. The van der Waals surface area contributed by atoms with Gasteiger partial charge in [0.25, 0.3) is 0 Å². The molecule has 1 aromatic heterocycles. The third-order valence-electron chi connectivity index (χ3n) is 6.28. The first-order chi connectivity index (χ1) is 12.5. The van der Waals surface area contributed by atoms with Gasteiger partial charge in [-0.15, -0.1) is 6.58 Å². The fourth-order valence-electron chi connectivity index (χ4n) is 4.79. The second-order valence-corrected chi connectivity index (χ2v) is 7.53. The molecule has 3 fully saturated rings. The number of aliphatic hydroxyl groups is 1. The van der Waals surface area contributed by atoms with Crippen molar-refractivity contribution in [1.82, 2.24) is 0 Å². The molecule has 0 aliphatic carbocycles. The Balaban J connectivity index is 1.76. The molecule has 6 nitrogen and oxygen atoms in total. The molecule has 2 unspecified atom stereocenters. The summed E-state index contributed by atoms with van der Waals surface area (Å²) in [7, 11) is 1.56. The smallest absolute Gasteiger partial charge is 0.224 e. The fourth-order valence-corrected chi connectivity index (χ4v) is 4.79. The molecule has 5 rings (SSSR count). The molecule has 0 amide bonds. The standard InChI is InChI=1S/C20H24N2O4/c1-3-13-12-22(25)9-7-14(13)10-19(22)20(23)16-6-8-21(24)18-5-4-15(26-2)11-17(16)18/h3-6,8,11,13-14,19-20,23H,1,7,9-10,12H2,2H3/t13-,14?,19-,20+,22?/m0/s1. The molecule has 4 heterocycles. The summed E-state index contributed by atoms with van der Waals surface area (Å²) in [6.07, 6.45) is 3.93. The van der Waals surface area contributed by atoms with Crippen LogP contribution in [0.3, 0.4) is 0 Å². The lowest BCUT2D eigenvalue weighted by Gasteiger charge is -2.60. The Hall–Kier alpha value is -2.15. The van der Waals surface area contributed by atoms with E-state index in [0.717, 1.165) is 11.2 Å². The molecule has 138 valence electrons. The molecule has 1 N–H and O–H groups in total. The van der Waals surface area contributed by atoms with E-state index in [2.05, 4.69) is 6.58 Å². The number of hydrogen-bond acceptors (Lipinski definition) is 4. The molecule has 26 heavy (non-hydrogen) atoms. The number of quaternary nitrogens is 1. The van der Waals surface area contributed by atoms with Crippen molar-refractivity contribution in [2.45, 2.75) is 25.0 Å². The van der Waals surface area contributed by atoms with E-state index in [1.165, 1.54) is 6.20 Å². The van der Waals surface area contributed by atoms with Gasteiger partial charge in [-0.2, -0.15) is 4.73 Å². The predicted molar refractivity (Wildman–Crippen MR) is 98.0 cm³/mol. The highest BCUT2D eigenvalue weighted by molar-refractivity contribution is 5.81. The van der Waals surface area contributed by atoms with E-state index >= 15 is 0 Å². The van der Waals surface area contributed by atoms with Gasteiger partial charge in [0, 0.05) is 36.5 Å². The summed E-state index contributed by atoms with van der Waals surface area (Å²) in [5, 5.41) is 37.3. The molecular formula is C20H24N2O4. The highest BCUT2D eigenvalue weighted by atomic mass is 16.6. The lowest BCUT2D eigenvalue weighted by molar-refractivity contribution is -0.929. The lowest BCUT2D eigenvalue weighted by Crippen LogP contribution is -2.65. The topological polar surface area (TPSA) is 79.5 Å². The number of ether oxygens (including phenoxy) is 1. The first-order valence-electron chi connectivity index (χ1n) is 9.05. The third-order valence-corrected chi connectivity index (χ3v) is 6.28. The number of piperidine rings is 3. The third kappa shape index (κ3) is 2.57. The number of rotatable bonds is 4. The van der Waals surface area contributed by atoms with Gasteiger partial charge < -0.3 is 24.9 Å². The summed E-state index contributed by atoms with van der Waals surface area (Å²) in [6.45, 7) is 4.88. The average molecular weight is 356 g/mol. The van der Waals surface area contributed by atoms with Gasteiger partial charge in [-0.1, -0.05) is 6.08 Å². The number of aromatic nitrogens is 1. The zero-order valence-electron chi connectivity index (χ0n) is 14.9. The van der Waals surface area contributed by atoms with E-state index in [1.807, 2.05) is 6.08 Å². The zero-order valence-corrected chi connectivity index (χ0v) is 14.9. The number of fused-ring (bicyclic) bond motifs is 4. The average Bonchev–Trinajstić information content (AvgIpc) is 2.67. The molecule has 6 heteroatoms. The van der Waals surface area contributed by atoms with E-state index in [-0.39, 0.29) is 10.6 Å². The monoisotopic (exact) mass is 356 g/mol.